The number of ether oxygens (including phenoxy) is 1. The summed E-state index contributed by atoms with van der Waals surface area (Å²) in [4.78, 5) is 18.1. The Balaban J connectivity index is 0.000000262. The Bertz CT molecular complexity index is 1370. The molecule has 0 aliphatic carbocycles. The number of nitrogens with zero attached hydrogens (tertiary/aromatic N) is 2. The van der Waals surface area contributed by atoms with Gasteiger partial charge in [0.05, 0.1) is 29.3 Å². The first kappa shape index (κ1) is 33.8. The Kier molecular flexibility index (Phi) is 11.0. The molecule has 2 heterocycles. The lowest BCUT2D eigenvalue weighted by Crippen LogP contribution is -2.55. The number of carbonyl (C=O) groups excluding carboxylic acids is 1. The Morgan fingerprint density at radius 3 is 2.00 bits per heavy atom. The van der Waals surface area contributed by atoms with Gasteiger partial charge in [0, 0.05) is 18.0 Å². The van der Waals surface area contributed by atoms with Gasteiger partial charge in [-0.25, -0.2) is 0 Å². The Morgan fingerprint density at radius 2 is 1.48 bits per heavy atom. The second-order valence-electron chi connectivity index (χ2n) is 11.9. The van der Waals surface area contributed by atoms with Crippen LogP contribution in [0.25, 0.3) is 0 Å². The summed E-state index contributed by atoms with van der Waals surface area (Å²) in [6, 6.07) is 22.0. The first-order valence-electron chi connectivity index (χ1n) is 14.8. The quantitative estimate of drug-likeness (QED) is 0.310. The van der Waals surface area contributed by atoms with Crippen LogP contribution in [-0.4, -0.2) is 69.3 Å². The molecule has 2 saturated heterocycles. The standard InChI is InChI=1S/C22H25F3N2O2S.C12H18N2/c1-27-11-7-10-21(14-27,15-8-5-4-6-9-15)26-20(28)19-17(29-2)12-16(22(23,24)25)13-18(19)30-3;1-14-9-5-8-12(13,10-14)11-6-3-2-4-7-11/h4-6,8-9,12-13H,7,10-11,14H2,1-3H3,(H,26,28);2-4,6-7H,5,8-10,13H2,1H3. The summed E-state index contributed by atoms with van der Waals surface area (Å²) < 4.78 is 45.1. The highest BCUT2D eigenvalue weighted by Crippen LogP contribution is 2.39. The minimum Gasteiger partial charge on any atom is -0.496 e. The maximum Gasteiger partial charge on any atom is 0.416 e. The molecule has 0 radical (unpaired) electrons. The van der Waals surface area contributed by atoms with E-state index in [2.05, 4.69) is 46.4 Å². The lowest BCUT2D eigenvalue weighted by molar-refractivity contribution is -0.137. The van der Waals surface area contributed by atoms with Gasteiger partial charge in [-0.15, -0.1) is 11.8 Å². The number of carbonyl (C=O) groups is 1. The summed E-state index contributed by atoms with van der Waals surface area (Å²) in [7, 11) is 5.41. The number of likely N-dealkylation sites (N-methyl/N-ethyl adjacent to an activating group) is 2. The number of alkyl halides is 3. The highest BCUT2D eigenvalue weighted by Gasteiger charge is 2.39. The minimum atomic E-state index is -4.52. The second-order valence-corrected chi connectivity index (χ2v) is 12.7. The van der Waals surface area contributed by atoms with Crippen LogP contribution in [0.3, 0.4) is 0 Å². The molecule has 2 unspecified atom stereocenters. The van der Waals surface area contributed by atoms with Crippen molar-refractivity contribution in [3.05, 3.63) is 95.1 Å². The molecule has 0 spiro atoms. The smallest absolute Gasteiger partial charge is 0.416 e. The fourth-order valence-electron chi connectivity index (χ4n) is 6.33. The number of nitrogens with two attached hydrogens (primary N) is 1. The minimum absolute atomic E-state index is 0.0842. The van der Waals surface area contributed by atoms with Gasteiger partial charge in [0.25, 0.3) is 5.91 Å². The van der Waals surface area contributed by atoms with Gasteiger partial charge in [0.2, 0.25) is 0 Å². The van der Waals surface area contributed by atoms with Crippen LogP contribution < -0.4 is 15.8 Å². The summed E-state index contributed by atoms with van der Waals surface area (Å²) >= 11 is 1.09. The maximum atomic E-state index is 13.4. The third-order valence-electron chi connectivity index (χ3n) is 8.49. The number of halogens is 3. The molecule has 2 atom stereocenters. The van der Waals surface area contributed by atoms with Gasteiger partial charge in [-0.2, -0.15) is 13.2 Å². The lowest BCUT2D eigenvalue weighted by Gasteiger charge is -2.42. The van der Waals surface area contributed by atoms with Crippen LogP contribution in [0.2, 0.25) is 0 Å². The number of likely N-dealkylation sites (tertiary alicyclic amines) is 2. The molecule has 3 aromatic rings. The molecule has 2 aliphatic heterocycles. The number of methoxy groups -OCH3 is 1. The Hall–Kier alpha value is -3.05. The van der Waals surface area contributed by atoms with E-state index in [1.165, 1.54) is 25.6 Å². The van der Waals surface area contributed by atoms with Gasteiger partial charge in [-0.05, 0) is 82.4 Å². The van der Waals surface area contributed by atoms with Crippen molar-refractivity contribution in [2.75, 3.05) is 53.6 Å². The highest BCUT2D eigenvalue weighted by molar-refractivity contribution is 7.98. The summed E-state index contributed by atoms with van der Waals surface area (Å²) in [6.07, 6.45) is 1.05. The van der Waals surface area contributed by atoms with Gasteiger partial charge in [-0.1, -0.05) is 60.7 Å². The first-order valence-corrected chi connectivity index (χ1v) is 16.1. The van der Waals surface area contributed by atoms with Gasteiger partial charge >= 0.3 is 6.18 Å². The number of nitrogens with one attached hydrogen (secondary N) is 1. The van der Waals surface area contributed by atoms with E-state index in [4.69, 9.17) is 10.5 Å². The predicted molar refractivity (Wildman–Crippen MR) is 171 cm³/mol. The second kappa shape index (κ2) is 14.4. The van der Waals surface area contributed by atoms with Crippen molar-refractivity contribution < 1.29 is 22.7 Å². The van der Waals surface area contributed by atoms with Crippen molar-refractivity contribution >= 4 is 17.7 Å². The van der Waals surface area contributed by atoms with Gasteiger partial charge in [-0.3, -0.25) is 4.79 Å². The van der Waals surface area contributed by atoms with E-state index in [0.717, 1.165) is 61.8 Å². The molecule has 2 fully saturated rings. The van der Waals surface area contributed by atoms with Crippen molar-refractivity contribution in [2.45, 2.75) is 47.8 Å². The molecule has 0 saturated carbocycles. The maximum absolute atomic E-state index is 13.4. The molecule has 0 bridgehead atoms. The van der Waals surface area contributed by atoms with E-state index in [0.29, 0.717) is 6.54 Å². The Morgan fingerprint density at radius 1 is 0.909 bits per heavy atom. The van der Waals surface area contributed by atoms with E-state index in [1.54, 1.807) is 6.26 Å². The zero-order chi connectivity index (χ0) is 32.0. The third kappa shape index (κ3) is 7.96. The number of hydrogen-bond acceptors (Lipinski definition) is 6. The zero-order valence-corrected chi connectivity index (χ0v) is 26.7. The zero-order valence-electron chi connectivity index (χ0n) is 25.9. The molecule has 3 N–H and O–H groups in total. The van der Waals surface area contributed by atoms with Crippen molar-refractivity contribution in [2.24, 2.45) is 5.73 Å². The largest absolute Gasteiger partial charge is 0.496 e. The van der Waals surface area contributed by atoms with Crippen LogP contribution in [-0.2, 0) is 17.3 Å². The predicted octanol–water partition coefficient (Wildman–Crippen LogP) is 6.35. The molecule has 1 amide bonds. The van der Waals surface area contributed by atoms with Crippen molar-refractivity contribution in [3.63, 3.8) is 0 Å². The fourth-order valence-corrected chi connectivity index (χ4v) is 6.97. The molecule has 5 rings (SSSR count). The molecule has 3 aromatic carbocycles. The molecule has 6 nitrogen and oxygen atoms in total. The van der Waals surface area contributed by atoms with Gasteiger partial charge in [0.15, 0.2) is 0 Å². The summed E-state index contributed by atoms with van der Waals surface area (Å²) in [5.41, 5.74) is 7.20. The number of amides is 1. The first-order chi connectivity index (χ1) is 20.9. The van der Waals surface area contributed by atoms with E-state index in [1.807, 2.05) is 43.4 Å². The average Bonchev–Trinajstić information content (AvgIpc) is 3.01. The van der Waals surface area contributed by atoms with Crippen molar-refractivity contribution in [1.82, 2.24) is 15.1 Å². The topological polar surface area (TPSA) is 70.8 Å². The normalized spacial score (nSPS) is 22.9. The van der Waals surface area contributed by atoms with Crippen LogP contribution in [0.15, 0.2) is 77.7 Å². The summed E-state index contributed by atoms with van der Waals surface area (Å²) in [6.45, 7) is 3.67. The number of piperidine rings is 2. The fraction of sp³-hybridized carbons (Fsp3) is 0.441. The van der Waals surface area contributed by atoms with E-state index in [-0.39, 0.29) is 21.7 Å². The molecule has 10 heteroatoms. The average molecular weight is 629 g/mol. The van der Waals surface area contributed by atoms with E-state index < -0.39 is 23.2 Å². The van der Waals surface area contributed by atoms with E-state index >= 15 is 0 Å². The lowest BCUT2D eigenvalue weighted by atomic mass is 9.82. The molecular formula is C34H43F3N4O2S. The molecular weight excluding hydrogens is 585 g/mol. The summed E-state index contributed by atoms with van der Waals surface area (Å²) in [5.74, 6) is -0.525. The van der Waals surface area contributed by atoms with Crippen molar-refractivity contribution in [1.29, 1.82) is 0 Å². The van der Waals surface area contributed by atoms with Gasteiger partial charge < -0.3 is 25.6 Å². The highest BCUT2D eigenvalue weighted by atomic mass is 32.2. The number of hydrogen-bond donors (Lipinski definition) is 2. The van der Waals surface area contributed by atoms with Crippen LogP contribution >= 0.6 is 11.8 Å². The summed E-state index contributed by atoms with van der Waals surface area (Å²) in [5, 5.41) is 3.15. The number of thioether (sulfide) groups is 1. The molecule has 2 aliphatic rings. The monoisotopic (exact) mass is 628 g/mol. The molecule has 44 heavy (non-hydrogen) atoms. The van der Waals surface area contributed by atoms with E-state index in [9.17, 15) is 18.0 Å². The SMILES string of the molecule is CN1CCCC(N)(c2ccccc2)C1.COc1cc(C(F)(F)F)cc(SC)c1C(=O)NC1(c2ccccc2)CCCN(C)C1. The number of benzene rings is 3. The van der Waals surface area contributed by atoms with Crippen LogP contribution in [0.5, 0.6) is 5.75 Å². The van der Waals surface area contributed by atoms with Crippen molar-refractivity contribution in [3.8, 4) is 5.75 Å². The van der Waals surface area contributed by atoms with Crippen LogP contribution in [0.4, 0.5) is 13.2 Å². The van der Waals surface area contributed by atoms with Crippen LogP contribution in [0, 0.1) is 0 Å². The number of rotatable bonds is 6. The molecule has 238 valence electrons. The third-order valence-corrected chi connectivity index (χ3v) is 9.25. The van der Waals surface area contributed by atoms with Gasteiger partial charge in [0.1, 0.15) is 5.75 Å². The molecule has 0 aromatic heterocycles. The van der Waals surface area contributed by atoms with Crippen LogP contribution in [0.1, 0.15) is 52.7 Å². The Labute approximate surface area is 263 Å².